The molecule has 1 aliphatic rings. The minimum atomic E-state index is -0.351. The number of anilines is 1. The molecule has 0 radical (unpaired) electrons. The summed E-state index contributed by atoms with van der Waals surface area (Å²) in [6.45, 7) is 1.15. The van der Waals surface area contributed by atoms with Crippen LogP contribution in [0.3, 0.4) is 0 Å². The van der Waals surface area contributed by atoms with Crippen LogP contribution in [0, 0.1) is 5.82 Å². The first-order valence-electron chi connectivity index (χ1n) is 7.76. The molecular formula is C17H18FN3O3. The lowest BCUT2D eigenvalue weighted by atomic mass is 10.0. The smallest absolute Gasteiger partial charge is 0.319 e. The van der Waals surface area contributed by atoms with Crippen LogP contribution in [0.4, 0.5) is 14.9 Å². The molecule has 2 aromatic rings. The molecule has 0 unspecified atom stereocenters. The van der Waals surface area contributed by atoms with E-state index in [0.717, 1.165) is 0 Å². The molecule has 1 aliphatic heterocycles. The van der Waals surface area contributed by atoms with Crippen LogP contribution in [0.1, 0.15) is 23.2 Å². The van der Waals surface area contributed by atoms with Crippen LogP contribution in [0.25, 0.3) is 0 Å². The summed E-state index contributed by atoms with van der Waals surface area (Å²) in [6.07, 6.45) is 4.27. The maximum atomic E-state index is 12.8. The number of hydrogen-bond donors (Lipinski definition) is 2. The van der Waals surface area contributed by atoms with Gasteiger partial charge in [-0.25, -0.2) is 9.18 Å². The van der Waals surface area contributed by atoms with Crippen LogP contribution in [0.5, 0.6) is 0 Å². The van der Waals surface area contributed by atoms with E-state index in [2.05, 4.69) is 10.6 Å². The van der Waals surface area contributed by atoms with Crippen molar-refractivity contribution in [3.8, 4) is 0 Å². The molecule has 1 fully saturated rings. The Morgan fingerprint density at radius 1 is 1.12 bits per heavy atom. The molecule has 2 N–H and O–H groups in total. The van der Waals surface area contributed by atoms with Crippen molar-refractivity contribution in [1.82, 2.24) is 10.2 Å². The quantitative estimate of drug-likeness (QED) is 0.908. The monoisotopic (exact) mass is 331 g/mol. The van der Waals surface area contributed by atoms with Gasteiger partial charge in [-0.2, -0.15) is 0 Å². The van der Waals surface area contributed by atoms with Gasteiger partial charge in [0.05, 0.1) is 11.8 Å². The van der Waals surface area contributed by atoms with Crippen LogP contribution >= 0.6 is 0 Å². The van der Waals surface area contributed by atoms with Gasteiger partial charge < -0.3 is 20.0 Å². The summed E-state index contributed by atoms with van der Waals surface area (Å²) in [5.74, 6) is -0.409. The van der Waals surface area contributed by atoms with E-state index in [1.165, 1.54) is 36.8 Å². The molecule has 1 saturated heterocycles. The molecule has 7 heteroatoms. The van der Waals surface area contributed by atoms with Gasteiger partial charge in [0.2, 0.25) is 0 Å². The minimum absolute atomic E-state index is 0.00107. The van der Waals surface area contributed by atoms with Crippen molar-refractivity contribution in [3.05, 3.63) is 54.2 Å². The zero-order valence-electron chi connectivity index (χ0n) is 13.0. The highest BCUT2D eigenvalue weighted by molar-refractivity contribution is 5.94. The molecule has 126 valence electrons. The van der Waals surface area contributed by atoms with E-state index in [9.17, 15) is 14.0 Å². The summed E-state index contributed by atoms with van der Waals surface area (Å²) >= 11 is 0. The number of nitrogens with zero attached hydrogens (tertiary/aromatic N) is 1. The fourth-order valence-electron chi connectivity index (χ4n) is 2.68. The zero-order chi connectivity index (χ0) is 16.9. The average Bonchev–Trinajstić information content (AvgIpc) is 3.11. The van der Waals surface area contributed by atoms with Crippen LogP contribution in [0.2, 0.25) is 0 Å². The number of carbonyl (C=O) groups is 2. The standard InChI is InChI=1S/C17H18FN3O3/c18-13-1-3-14(4-2-13)19-17(23)20-15-5-8-21(9-6-15)16(22)12-7-10-24-11-12/h1-4,7,10-11,15H,5-6,8-9H2,(H2,19,20,23). The third kappa shape index (κ3) is 3.92. The molecule has 3 amide bonds. The number of amides is 3. The van der Waals surface area contributed by atoms with Crippen molar-refractivity contribution in [2.75, 3.05) is 18.4 Å². The van der Waals surface area contributed by atoms with E-state index < -0.39 is 0 Å². The second-order valence-corrected chi connectivity index (χ2v) is 5.68. The van der Waals surface area contributed by atoms with Crippen LogP contribution in [-0.2, 0) is 0 Å². The Morgan fingerprint density at radius 3 is 2.46 bits per heavy atom. The topological polar surface area (TPSA) is 74.6 Å². The number of rotatable bonds is 3. The van der Waals surface area contributed by atoms with Crippen LogP contribution in [0.15, 0.2) is 47.3 Å². The van der Waals surface area contributed by atoms with Crippen LogP contribution in [-0.4, -0.2) is 36.0 Å². The van der Waals surface area contributed by atoms with E-state index >= 15 is 0 Å². The molecule has 3 rings (SSSR count). The molecule has 0 saturated carbocycles. The molecule has 0 bridgehead atoms. The number of benzene rings is 1. The number of urea groups is 1. The van der Waals surface area contributed by atoms with Gasteiger partial charge in [0.25, 0.3) is 5.91 Å². The SMILES string of the molecule is O=C(Nc1ccc(F)cc1)NC1CCN(C(=O)c2ccoc2)CC1. The van der Waals surface area contributed by atoms with Gasteiger partial charge in [-0.05, 0) is 43.2 Å². The molecule has 1 aromatic carbocycles. The van der Waals surface area contributed by atoms with Gasteiger partial charge >= 0.3 is 6.03 Å². The predicted octanol–water partition coefficient (Wildman–Crippen LogP) is 2.85. The molecule has 0 aliphatic carbocycles. The molecule has 6 nitrogen and oxygen atoms in total. The molecule has 0 atom stereocenters. The molecule has 1 aromatic heterocycles. The summed E-state index contributed by atoms with van der Waals surface area (Å²) in [4.78, 5) is 25.9. The van der Waals surface area contributed by atoms with E-state index in [1.54, 1.807) is 11.0 Å². The second kappa shape index (κ2) is 7.16. The number of piperidine rings is 1. The van der Waals surface area contributed by atoms with E-state index in [0.29, 0.717) is 37.2 Å². The lowest BCUT2D eigenvalue weighted by Gasteiger charge is -2.32. The third-order valence-corrected chi connectivity index (χ3v) is 3.99. The number of furan rings is 1. The Kier molecular flexibility index (Phi) is 4.79. The maximum absolute atomic E-state index is 12.8. The zero-order valence-corrected chi connectivity index (χ0v) is 13.0. The van der Waals surface area contributed by atoms with Crippen molar-refractivity contribution >= 4 is 17.6 Å². The number of nitrogens with one attached hydrogen (secondary N) is 2. The Labute approximate surface area is 138 Å². The van der Waals surface area contributed by atoms with Gasteiger partial charge in [-0.1, -0.05) is 0 Å². The number of carbonyl (C=O) groups excluding carboxylic acids is 2. The van der Waals surface area contributed by atoms with Crippen molar-refractivity contribution in [2.24, 2.45) is 0 Å². The maximum Gasteiger partial charge on any atom is 0.319 e. The summed E-state index contributed by atoms with van der Waals surface area (Å²) in [5, 5.41) is 5.54. The molecule has 0 spiro atoms. The van der Waals surface area contributed by atoms with Crippen molar-refractivity contribution < 1.29 is 18.4 Å². The highest BCUT2D eigenvalue weighted by Crippen LogP contribution is 2.15. The van der Waals surface area contributed by atoms with Gasteiger partial charge in [0, 0.05) is 24.8 Å². The predicted molar refractivity (Wildman–Crippen MR) is 86.2 cm³/mol. The highest BCUT2D eigenvalue weighted by Gasteiger charge is 2.25. The normalized spacial score (nSPS) is 15.1. The molecular weight excluding hydrogens is 313 g/mol. The van der Waals surface area contributed by atoms with Crippen molar-refractivity contribution in [1.29, 1.82) is 0 Å². The van der Waals surface area contributed by atoms with E-state index in [-0.39, 0.29) is 23.8 Å². The third-order valence-electron chi connectivity index (χ3n) is 3.99. The largest absolute Gasteiger partial charge is 0.472 e. The fourth-order valence-corrected chi connectivity index (χ4v) is 2.68. The van der Waals surface area contributed by atoms with Gasteiger partial charge in [-0.3, -0.25) is 4.79 Å². The number of halogens is 1. The van der Waals surface area contributed by atoms with E-state index in [1.807, 2.05) is 0 Å². The lowest BCUT2D eigenvalue weighted by Crippen LogP contribution is -2.47. The average molecular weight is 331 g/mol. The Morgan fingerprint density at radius 2 is 1.83 bits per heavy atom. The first-order chi connectivity index (χ1) is 11.6. The Hall–Kier alpha value is -2.83. The lowest BCUT2D eigenvalue weighted by molar-refractivity contribution is 0.0708. The first-order valence-corrected chi connectivity index (χ1v) is 7.76. The summed E-state index contributed by atoms with van der Waals surface area (Å²) in [6, 6.07) is 6.89. The summed E-state index contributed by atoms with van der Waals surface area (Å²) in [7, 11) is 0. The molecule has 24 heavy (non-hydrogen) atoms. The summed E-state index contributed by atoms with van der Waals surface area (Å²) < 4.78 is 17.8. The Bertz CT molecular complexity index is 692. The first kappa shape index (κ1) is 16.0. The van der Waals surface area contributed by atoms with E-state index in [4.69, 9.17) is 4.42 Å². The van der Waals surface area contributed by atoms with Crippen molar-refractivity contribution in [2.45, 2.75) is 18.9 Å². The van der Waals surface area contributed by atoms with Crippen molar-refractivity contribution in [3.63, 3.8) is 0 Å². The molecule has 2 heterocycles. The Balaban J connectivity index is 1.46. The number of likely N-dealkylation sites (tertiary alicyclic amines) is 1. The minimum Gasteiger partial charge on any atom is -0.472 e. The van der Waals surface area contributed by atoms with Gasteiger partial charge in [0.1, 0.15) is 12.1 Å². The number of hydrogen-bond acceptors (Lipinski definition) is 3. The summed E-state index contributed by atoms with van der Waals surface area (Å²) in [5.41, 5.74) is 1.07. The fraction of sp³-hybridized carbons (Fsp3) is 0.294. The highest BCUT2D eigenvalue weighted by atomic mass is 19.1. The van der Waals surface area contributed by atoms with Crippen LogP contribution < -0.4 is 10.6 Å². The van der Waals surface area contributed by atoms with Gasteiger partial charge in [0.15, 0.2) is 0 Å². The van der Waals surface area contributed by atoms with Gasteiger partial charge in [-0.15, -0.1) is 0 Å². The second-order valence-electron chi connectivity index (χ2n) is 5.68.